The number of pyridine rings is 1. The molecule has 0 saturated heterocycles. The van der Waals surface area contributed by atoms with Gasteiger partial charge in [0.25, 0.3) is 11.5 Å². The lowest BCUT2D eigenvalue weighted by molar-refractivity contribution is 0.102. The Morgan fingerprint density at radius 2 is 2.21 bits per heavy atom. The predicted octanol–water partition coefficient (Wildman–Crippen LogP) is 2.61. The van der Waals surface area contributed by atoms with Crippen LogP contribution in [0.1, 0.15) is 15.9 Å². The zero-order valence-corrected chi connectivity index (χ0v) is 13.7. The quantitative estimate of drug-likeness (QED) is 0.774. The van der Waals surface area contributed by atoms with Crippen molar-refractivity contribution in [3.63, 3.8) is 0 Å². The van der Waals surface area contributed by atoms with Gasteiger partial charge in [0.15, 0.2) is 5.13 Å². The summed E-state index contributed by atoms with van der Waals surface area (Å²) in [5, 5.41) is 5.00. The van der Waals surface area contributed by atoms with Crippen LogP contribution in [0.2, 0.25) is 0 Å². The average Bonchev–Trinajstić information content (AvgIpc) is 3.10. The Morgan fingerprint density at radius 3 is 2.96 bits per heavy atom. The molecule has 6 nitrogen and oxygen atoms in total. The number of nitrogens with zero attached hydrogens (tertiary/aromatic N) is 2. The molecule has 1 amide bonds. The minimum Gasteiger partial charge on any atom is -0.497 e. The minimum atomic E-state index is -0.302. The maximum atomic E-state index is 12.2. The predicted molar refractivity (Wildman–Crippen MR) is 92.9 cm³/mol. The second-order valence-electron chi connectivity index (χ2n) is 5.03. The van der Waals surface area contributed by atoms with Crippen molar-refractivity contribution in [1.82, 2.24) is 9.55 Å². The van der Waals surface area contributed by atoms with Crippen LogP contribution < -0.4 is 15.6 Å². The molecule has 0 bridgehead atoms. The summed E-state index contributed by atoms with van der Waals surface area (Å²) in [5.41, 5.74) is 1.13. The zero-order chi connectivity index (χ0) is 16.9. The molecule has 3 aromatic rings. The van der Waals surface area contributed by atoms with E-state index in [4.69, 9.17) is 4.74 Å². The minimum absolute atomic E-state index is 0.177. The highest BCUT2D eigenvalue weighted by Crippen LogP contribution is 2.14. The van der Waals surface area contributed by atoms with E-state index in [1.807, 2.05) is 24.3 Å². The number of hydrogen-bond acceptors (Lipinski definition) is 5. The van der Waals surface area contributed by atoms with E-state index in [-0.39, 0.29) is 11.5 Å². The Kier molecular flexibility index (Phi) is 4.72. The molecule has 0 aliphatic carbocycles. The van der Waals surface area contributed by atoms with Crippen LogP contribution in [0.4, 0.5) is 5.13 Å². The van der Waals surface area contributed by atoms with E-state index in [9.17, 15) is 9.59 Å². The third-order valence-electron chi connectivity index (χ3n) is 3.39. The standard InChI is InChI=1S/C17H15N3O3S/c1-23-14-4-2-3-12(9-14)10-20-11-13(5-6-15(20)21)16(22)19-17-18-7-8-24-17/h2-9,11H,10H2,1H3,(H,18,19,22). The van der Waals surface area contributed by atoms with Crippen molar-refractivity contribution in [3.8, 4) is 5.75 Å². The fourth-order valence-electron chi connectivity index (χ4n) is 2.21. The summed E-state index contributed by atoms with van der Waals surface area (Å²) in [6.45, 7) is 0.356. The Labute approximate surface area is 142 Å². The van der Waals surface area contributed by atoms with Crippen LogP contribution in [0.3, 0.4) is 0 Å². The fraction of sp³-hybridized carbons (Fsp3) is 0.118. The summed E-state index contributed by atoms with van der Waals surface area (Å²) in [7, 11) is 1.59. The van der Waals surface area contributed by atoms with Crippen molar-refractivity contribution in [3.05, 3.63) is 75.7 Å². The lowest BCUT2D eigenvalue weighted by Crippen LogP contribution is -2.22. The van der Waals surface area contributed by atoms with Crippen molar-refractivity contribution in [2.75, 3.05) is 12.4 Å². The van der Waals surface area contributed by atoms with Crippen LogP contribution in [0.5, 0.6) is 5.75 Å². The number of anilines is 1. The van der Waals surface area contributed by atoms with Gasteiger partial charge in [-0.15, -0.1) is 11.3 Å². The van der Waals surface area contributed by atoms with Gasteiger partial charge >= 0.3 is 0 Å². The molecule has 0 aliphatic rings. The van der Waals surface area contributed by atoms with E-state index in [1.54, 1.807) is 24.9 Å². The molecule has 0 unspecified atom stereocenters. The topological polar surface area (TPSA) is 73.2 Å². The number of carbonyl (C=O) groups excluding carboxylic acids is 1. The molecule has 1 N–H and O–H groups in total. The van der Waals surface area contributed by atoms with Gasteiger partial charge in [0, 0.05) is 23.8 Å². The van der Waals surface area contributed by atoms with Crippen molar-refractivity contribution >= 4 is 22.4 Å². The van der Waals surface area contributed by atoms with Gasteiger partial charge in [0.05, 0.1) is 19.2 Å². The molecule has 1 aromatic carbocycles. The van der Waals surface area contributed by atoms with E-state index in [1.165, 1.54) is 28.0 Å². The maximum Gasteiger partial charge on any atom is 0.258 e. The number of rotatable bonds is 5. The Hall–Kier alpha value is -2.93. The van der Waals surface area contributed by atoms with Crippen molar-refractivity contribution < 1.29 is 9.53 Å². The first-order chi connectivity index (χ1) is 11.7. The lowest BCUT2D eigenvalue weighted by Gasteiger charge is -2.09. The molecular formula is C17H15N3O3S. The molecule has 122 valence electrons. The molecule has 0 atom stereocenters. The van der Waals surface area contributed by atoms with Gasteiger partial charge in [0.2, 0.25) is 0 Å². The lowest BCUT2D eigenvalue weighted by atomic mass is 10.2. The van der Waals surface area contributed by atoms with Crippen molar-refractivity contribution in [2.45, 2.75) is 6.54 Å². The molecule has 0 fully saturated rings. The Bertz CT molecular complexity index is 903. The largest absolute Gasteiger partial charge is 0.497 e. The molecule has 2 aromatic heterocycles. The third-order valence-corrected chi connectivity index (χ3v) is 4.07. The average molecular weight is 341 g/mol. The summed E-state index contributed by atoms with van der Waals surface area (Å²) in [5.74, 6) is 0.419. The Morgan fingerprint density at radius 1 is 1.33 bits per heavy atom. The highest BCUT2D eigenvalue weighted by molar-refractivity contribution is 7.13. The van der Waals surface area contributed by atoms with Crippen LogP contribution in [0, 0.1) is 0 Å². The first-order valence-electron chi connectivity index (χ1n) is 7.20. The molecule has 0 aliphatic heterocycles. The van der Waals surface area contributed by atoms with E-state index in [0.29, 0.717) is 17.2 Å². The summed E-state index contributed by atoms with van der Waals surface area (Å²) in [4.78, 5) is 28.3. The second-order valence-corrected chi connectivity index (χ2v) is 5.92. The molecular weight excluding hydrogens is 326 g/mol. The first-order valence-corrected chi connectivity index (χ1v) is 8.08. The van der Waals surface area contributed by atoms with Gasteiger partial charge in [-0.05, 0) is 23.8 Å². The molecule has 3 rings (SSSR count). The number of nitrogens with one attached hydrogen (secondary N) is 1. The number of amides is 1. The van der Waals surface area contributed by atoms with E-state index in [2.05, 4.69) is 10.3 Å². The highest BCUT2D eigenvalue weighted by Gasteiger charge is 2.10. The number of ether oxygens (including phenoxy) is 1. The zero-order valence-electron chi connectivity index (χ0n) is 12.9. The van der Waals surface area contributed by atoms with Crippen LogP contribution >= 0.6 is 11.3 Å². The SMILES string of the molecule is COc1cccc(Cn2cc(C(=O)Nc3nccs3)ccc2=O)c1. The van der Waals surface area contributed by atoms with Gasteiger partial charge in [-0.1, -0.05) is 12.1 Å². The maximum absolute atomic E-state index is 12.2. The van der Waals surface area contributed by atoms with Gasteiger partial charge < -0.3 is 9.30 Å². The molecule has 2 heterocycles. The van der Waals surface area contributed by atoms with Gasteiger partial charge in [0.1, 0.15) is 5.75 Å². The number of benzene rings is 1. The van der Waals surface area contributed by atoms with E-state index < -0.39 is 0 Å². The number of methoxy groups -OCH3 is 1. The fourth-order valence-corrected chi connectivity index (χ4v) is 2.74. The molecule has 0 saturated carbocycles. The molecule has 0 radical (unpaired) electrons. The van der Waals surface area contributed by atoms with Crippen LogP contribution in [-0.4, -0.2) is 22.6 Å². The summed E-state index contributed by atoms with van der Waals surface area (Å²) in [6, 6.07) is 10.3. The Balaban J connectivity index is 1.83. The van der Waals surface area contributed by atoms with Gasteiger partial charge in [-0.2, -0.15) is 0 Å². The van der Waals surface area contributed by atoms with E-state index >= 15 is 0 Å². The molecule has 0 spiro atoms. The normalized spacial score (nSPS) is 10.4. The van der Waals surface area contributed by atoms with Crippen LogP contribution in [0.25, 0.3) is 0 Å². The number of aromatic nitrogens is 2. The van der Waals surface area contributed by atoms with E-state index in [0.717, 1.165) is 11.3 Å². The second kappa shape index (κ2) is 7.10. The first kappa shape index (κ1) is 15.9. The molecule has 24 heavy (non-hydrogen) atoms. The smallest absolute Gasteiger partial charge is 0.258 e. The van der Waals surface area contributed by atoms with Crippen molar-refractivity contribution in [1.29, 1.82) is 0 Å². The van der Waals surface area contributed by atoms with Crippen molar-refractivity contribution in [2.24, 2.45) is 0 Å². The summed E-state index contributed by atoms with van der Waals surface area (Å²) < 4.78 is 6.68. The molecule has 7 heteroatoms. The third kappa shape index (κ3) is 3.69. The summed E-state index contributed by atoms with van der Waals surface area (Å²) in [6.07, 6.45) is 3.16. The number of carbonyl (C=O) groups is 1. The van der Waals surface area contributed by atoms with Gasteiger partial charge in [-0.3, -0.25) is 14.9 Å². The van der Waals surface area contributed by atoms with Crippen LogP contribution in [0.15, 0.2) is 59.0 Å². The number of hydrogen-bond donors (Lipinski definition) is 1. The van der Waals surface area contributed by atoms with Crippen LogP contribution in [-0.2, 0) is 6.54 Å². The van der Waals surface area contributed by atoms with Gasteiger partial charge in [-0.25, -0.2) is 4.98 Å². The number of thiazole rings is 1. The highest BCUT2D eigenvalue weighted by atomic mass is 32.1. The monoisotopic (exact) mass is 341 g/mol. The summed E-state index contributed by atoms with van der Waals surface area (Å²) >= 11 is 1.33.